The van der Waals surface area contributed by atoms with Crippen LogP contribution < -0.4 is 9.64 Å². The predicted molar refractivity (Wildman–Crippen MR) is 92.1 cm³/mol. The van der Waals surface area contributed by atoms with Crippen LogP contribution in [0, 0.1) is 0 Å². The highest BCUT2D eigenvalue weighted by Crippen LogP contribution is 2.15. The zero-order valence-electron chi connectivity index (χ0n) is 13.9. The molecule has 0 saturated carbocycles. The zero-order chi connectivity index (χ0) is 16.8. The van der Waals surface area contributed by atoms with Crippen LogP contribution in [0.3, 0.4) is 0 Å². The second-order valence-electron chi connectivity index (χ2n) is 5.78. The molecule has 0 N–H and O–H groups in total. The average molecular weight is 326 g/mol. The number of amides is 1. The Hall–Kier alpha value is -2.63. The third-order valence-electron chi connectivity index (χ3n) is 4.29. The molecule has 6 heteroatoms. The molecule has 1 amide bonds. The van der Waals surface area contributed by atoms with Crippen molar-refractivity contribution in [2.24, 2.45) is 0 Å². The standard InChI is InChI=1S/C18H22N4O2/c1-24-16-5-2-15(3-6-16)4-7-18(23)22-12-10-21(11-13-22)17-14-19-8-9-20-17/h2-3,5-6,8-9,14H,4,7,10-13H2,1H3. The van der Waals surface area contributed by atoms with Crippen molar-refractivity contribution >= 4 is 11.7 Å². The summed E-state index contributed by atoms with van der Waals surface area (Å²) in [7, 11) is 1.65. The van der Waals surface area contributed by atoms with Crippen LogP contribution in [-0.2, 0) is 11.2 Å². The maximum atomic E-state index is 12.4. The van der Waals surface area contributed by atoms with Crippen LogP contribution in [0.15, 0.2) is 42.9 Å². The van der Waals surface area contributed by atoms with Gasteiger partial charge in [0.2, 0.25) is 5.91 Å². The fourth-order valence-corrected chi connectivity index (χ4v) is 2.84. The number of piperazine rings is 1. The molecule has 0 unspecified atom stereocenters. The summed E-state index contributed by atoms with van der Waals surface area (Å²) in [6, 6.07) is 7.88. The number of methoxy groups -OCH3 is 1. The lowest BCUT2D eigenvalue weighted by Crippen LogP contribution is -2.49. The second-order valence-corrected chi connectivity index (χ2v) is 5.78. The Balaban J connectivity index is 1.46. The highest BCUT2D eigenvalue weighted by molar-refractivity contribution is 5.76. The first-order chi connectivity index (χ1) is 11.8. The largest absolute Gasteiger partial charge is 0.497 e. The fourth-order valence-electron chi connectivity index (χ4n) is 2.84. The molecule has 0 bridgehead atoms. The van der Waals surface area contributed by atoms with Gasteiger partial charge in [0.1, 0.15) is 11.6 Å². The lowest BCUT2D eigenvalue weighted by molar-refractivity contribution is -0.131. The molecule has 1 fully saturated rings. The van der Waals surface area contributed by atoms with E-state index in [1.165, 1.54) is 0 Å². The summed E-state index contributed by atoms with van der Waals surface area (Å²) in [5.41, 5.74) is 1.15. The fraction of sp³-hybridized carbons (Fsp3) is 0.389. The number of aryl methyl sites for hydroxylation is 1. The van der Waals surface area contributed by atoms with Gasteiger partial charge in [-0.25, -0.2) is 4.98 Å². The summed E-state index contributed by atoms with van der Waals surface area (Å²) in [6.45, 7) is 3.07. The van der Waals surface area contributed by atoms with Gasteiger partial charge in [-0.15, -0.1) is 0 Å². The Morgan fingerprint density at radius 2 is 1.88 bits per heavy atom. The summed E-state index contributed by atoms with van der Waals surface area (Å²) in [4.78, 5) is 24.9. The smallest absolute Gasteiger partial charge is 0.223 e. The van der Waals surface area contributed by atoms with E-state index in [4.69, 9.17) is 4.74 Å². The van der Waals surface area contributed by atoms with E-state index in [9.17, 15) is 4.79 Å². The number of carbonyl (C=O) groups excluding carboxylic acids is 1. The van der Waals surface area contributed by atoms with Crippen molar-refractivity contribution in [1.29, 1.82) is 0 Å². The van der Waals surface area contributed by atoms with Crippen LogP contribution in [0.5, 0.6) is 5.75 Å². The highest BCUT2D eigenvalue weighted by Gasteiger charge is 2.21. The predicted octanol–water partition coefficient (Wildman–Crippen LogP) is 1.77. The average Bonchev–Trinajstić information content (AvgIpc) is 2.67. The molecule has 6 nitrogen and oxygen atoms in total. The van der Waals surface area contributed by atoms with Crippen LogP contribution in [0.2, 0.25) is 0 Å². The lowest BCUT2D eigenvalue weighted by Gasteiger charge is -2.35. The Kier molecular flexibility index (Phi) is 5.25. The van der Waals surface area contributed by atoms with Crippen molar-refractivity contribution in [1.82, 2.24) is 14.9 Å². The van der Waals surface area contributed by atoms with E-state index in [1.807, 2.05) is 29.2 Å². The monoisotopic (exact) mass is 326 g/mol. The minimum atomic E-state index is 0.213. The number of hydrogen-bond donors (Lipinski definition) is 0. The van der Waals surface area contributed by atoms with E-state index < -0.39 is 0 Å². The Bertz CT molecular complexity index is 652. The SMILES string of the molecule is COc1ccc(CCC(=O)N2CCN(c3cnccn3)CC2)cc1. The van der Waals surface area contributed by atoms with Gasteiger partial charge in [0.25, 0.3) is 0 Å². The van der Waals surface area contributed by atoms with E-state index in [1.54, 1.807) is 25.7 Å². The van der Waals surface area contributed by atoms with Crippen molar-refractivity contribution in [2.45, 2.75) is 12.8 Å². The molecule has 1 aromatic heterocycles. The minimum Gasteiger partial charge on any atom is -0.497 e. The first-order valence-corrected chi connectivity index (χ1v) is 8.18. The molecule has 1 aromatic carbocycles. The molecule has 2 aromatic rings. The van der Waals surface area contributed by atoms with Gasteiger partial charge in [-0.1, -0.05) is 12.1 Å². The molecule has 0 aliphatic carbocycles. The second kappa shape index (κ2) is 7.77. The van der Waals surface area contributed by atoms with Crippen molar-refractivity contribution in [2.75, 3.05) is 38.2 Å². The number of aromatic nitrogens is 2. The number of benzene rings is 1. The molecule has 0 radical (unpaired) electrons. The molecule has 1 saturated heterocycles. The molecule has 0 spiro atoms. The van der Waals surface area contributed by atoms with Crippen molar-refractivity contribution in [3.05, 3.63) is 48.4 Å². The van der Waals surface area contributed by atoms with Gasteiger partial charge >= 0.3 is 0 Å². The van der Waals surface area contributed by atoms with Crippen LogP contribution >= 0.6 is 0 Å². The minimum absolute atomic E-state index is 0.213. The molecular formula is C18H22N4O2. The van der Waals surface area contributed by atoms with Crippen LogP contribution in [-0.4, -0.2) is 54.1 Å². The summed E-state index contributed by atoms with van der Waals surface area (Å²) < 4.78 is 5.15. The molecule has 126 valence electrons. The third-order valence-corrected chi connectivity index (χ3v) is 4.29. The number of carbonyl (C=O) groups is 1. The summed E-state index contributed by atoms with van der Waals surface area (Å²) in [5.74, 6) is 1.93. The van der Waals surface area contributed by atoms with Gasteiger partial charge in [-0.3, -0.25) is 9.78 Å². The van der Waals surface area contributed by atoms with E-state index in [-0.39, 0.29) is 5.91 Å². The zero-order valence-corrected chi connectivity index (χ0v) is 13.9. The lowest BCUT2D eigenvalue weighted by atomic mass is 10.1. The Morgan fingerprint density at radius 3 is 2.50 bits per heavy atom. The third kappa shape index (κ3) is 4.01. The van der Waals surface area contributed by atoms with Gasteiger partial charge in [0.15, 0.2) is 0 Å². The van der Waals surface area contributed by atoms with E-state index in [0.717, 1.165) is 49.7 Å². The van der Waals surface area contributed by atoms with Gasteiger partial charge in [0, 0.05) is 45.0 Å². The van der Waals surface area contributed by atoms with Crippen molar-refractivity contribution in [3.63, 3.8) is 0 Å². The van der Waals surface area contributed by atoms with E-state index in [0.29, 0.717) is 6.42 Å². The first kappa shape index (κ1) is 16.2. The highest BCUT2D eigenvalue weighted by atomic mass is 16.5. The number of nitrogens with zero attached hydrogens (tertiary/aromatic N) is 4. The quantitative estimate of drug-likeness (QED) is 0.838. The van der Waals surface area contributed by atoms with Crippen LogP contribution in [0.25, 0.3) is 0 Å². The van der Waals surface area contributed by atoms with Crippen LogP contribution in [0.1, 0.15) is 12.0 Å². The summed E-state index contributed by atoms with van der Waals surface area (Å²) in [5, 5.41) is 0. The molecule has 0 atom stereocenters. The van der Waals surface area contributed by atoms with Gasteiger partial charge < -0.3 is 14.5 Å². The normalized spacial score (nSPS) is 14.5. The van der Waals surface area contributed by atoms with E-state index >= 15 is 0 Å². The Labute approximate surface area is 142 Å². The Morgan fingerprint density at radius 1 is 1.12 bits per heavy atom. The number of ether oxygens (including phenoxy) is 1. The van der Waals surface area contributed by atoms with Crippen LogP contribution in [0.4, 0.5) is 5.82 Å². The number of anilines is 1. The molecular weight excluding hydrogens is 304 g/mol. The maximum Gasteiger partial charge on any atom is 0.223 e. The van der Waals surface area contributed by atoms with Crippen molar-refractivity contribution in [3.8, 4) is 5.75 Å². The molecule has 1 aliphatic rings. The molecule has 3 rings (SSSR count). The molecule has 24 heavy (non-hydrogen) atoms. The van der Waals surface area contributed by atoms with Gasteiger partial charge in [0.05, 0.1) is 13.3 Å². The molecule has 1 aliphatic heterocycles. The van der Waals surface area contributed by atoms with Gasteiger partial charge in [-0.05, 0) is 24.1 Å². The molecule has 2 heterocycles. The number of hydrogen-bond acceptors (Lipinski definition) is 5. The summed E-state index contributed by atoms with van der Waals surface area (Å²) >= 11 is 0. The summed E-state index contributed by atoms with van der Waals surface area (Å²) in [6.07, 6.45) is 6.43. The number of rotatable bonds is 5. The van der Waals surface area contributed by atoms with Crippen molar-refractivity contribution < 1.29 is 9.53 Å². The first-order valence-electron chi connectivity index (χ1n) is 8.18. The van der Waals surface area contributed by atoms with Gasteiger partial charge in [-0.2, -0.15) is 0 Å². The topological polar surface area (TPSA) is 58.6 Å². The maximum absolute atomic E-state index is 12.4. The van der Waals surface area contributed by atoms with E-state index in [2.05, 4.69) is 14.9 Å².